The normalized spacial score (nSPS) is 17.8. The van der Waals surface area contributed by atoms with Crippen molar-refractivity contribution in [1.82, 2.24) is 25.3 Å². The van der Waals surface area contributed by atoms with Crippen molar-refractivity contribution in [2.24, 2.45) is 5.41 Å². The second-order valence-corrected chi connectivity index (χ2v) is 27.4. The van der Waals surface area contributed by atoms with Crippen LogP contribution in [0.2, 0.25) is 5.02 Å². The van der Waals surface area contributed by atoms with E-state index in [0.717, 1.165) is 66.0 Å². The molecule has 4 aliphatic rings. The summed E-state index contributed by atoms with van der Waals surface area (Å²) in [6, 6.07) is 11.7. The standard InChI is InChI=1S/C31H44N5O8PS.C26H29ClN2O4S/c1-19-10-11-21(15-24(19)34(8)9)33-29(40)32-16-22-14-20-17-35(28(39)26(20)46-22)23-12-13-25(37)36(27(23)38)18-42-45(41,43-30(2,3)4)44-31(5,6)7;1-15-4-5-16(12-19(15)27)10-11-26(2,3)22(30)8-7-21-17-13-29(25(33)18(17)14-34-21)20-6-9-23(31)28-24(20)32/h10-11,14-15,23H,12-13,16-18H2,1-9H3,(H2,32,33,40);4-5,12,14,20H,6-11,13H2,1-3H3,(H,28,31,32). The van der Waals surface area contributed by atoms with Crippen molar-refractivity contribution in [2.45, 2.75) is 164 Å². The van der Waals surface area contributed by atoms with Gasteiger partial charge < -0.3 is 25.3 Å². The molecule has 3 N–H and O–H groups in total. The van der Waals surface area contributed by atoms with Gasteiger partial charge in [0.15, 0.2) is 0 Å². The number of phosphoric acid groups is 1. The molecular weight excluding hydrogens is 1110 g/mol. The molecule has 0 spiro atoms. The Morgan fingerprint density at radius 2 is 1.50 bits per heavy atom. The maximum atomic E-state index is 13.5. The second kappa shape index (κ2) is 24.7. The van der Waals surface area contributed by atoms with E-state index in [9.17, 15) is 42.9 Å². The van der Waals surface area contributed by atoms with E-state index < -0.39 is 61.0 Å². The Balaban J connectivity index is 0.000000241. The van der Waals surface area contributed by atoms with Crippen molar-refractivity contribution in [3.8, 4) is 0 Å². The molecule has 2 saturated heterocycles. The minimum atomic E-state index is -4.19. The van der Waals surface area contributed by atoms with Crippen LogP contribution in [0.25, 0.3) is 0 Å². The number of piperidine rings is 2. The number of amides is 8. The topological polar surface area (TPSA) is 230 Å². The molecule has 19 nitrogen and oxygen atoms in total. The summed E-state index contributed by atoms with van der Waals surface area (Å²) in [6.45, 7) is 18.2. The Kier molecular flexibility index (Phi) is 19.1. The number of urea groups is 1. The maximum absolute atomic E-state index is 13.5. The van der Waals surface area contributed by atoms with Crippen LogP contribution >= 0.6 is 42.1 Å². The molecule has 432 valence electrons. The van der Waals surface area contributed by atoms with Crippen LogP contribution in [0, 0.1) is 19.3 Å². The van der Waals surface area contributed by atoms with Crippen LogP contribution in [0.3, 0.4) is 0 Å². The van der Waals surface area contributed by atoms with Gasteiger partial charge in [-0.15, -0.1) is 22.7 Å². The molecule has 8 amide bonds. The van der Waals surface area contributed by atoms with Crippen molar-refractivity contribution < 1.29 is 56.5 Å². The Morgan fingerprint density at radius 3 is 2.14 bits per heavy atom. The van der Waals surface area contributed by atoms with Gasteiger partial charge in [0.1, 0.15) is 24.6 Å². The van der Waals surface area contributed by atoms with Crippen molar-refractivity contribution in [2.75, 3.05) is 31.0 Å². The molecule has 2 aromatic carbocycles. The summed E-state index contributed by atoms with van der Waals surface area (Å²) in [5.74, 6) is -2.13. The number of phosphoric ester groups is 1. The molecule has 4 aliphatic heterocycles. The number of carbonyl (C=O) groups is 8. The molecule has 2 unspecified atom stereocenters. The van der Waals surface area contributed by atoms with Crippen molar-refractivity contribution in [1.29, 1.82) is 0 Å². The highest BCUT2D eigenvalue weighted by Gasteiger charge is 2.46. The number of Topliss-reactive ketones (excluding diaryl/α,β-unsaturated/α-hetero) is 1. The van der Waals surface area contributed by atoms with Crippen LogP contribution in [0.4, 0.5) is 16.2 Å². The largest absolute Gasteiger partial charge is 0.477 e. The molecule has 4 aromatic rings. The quantitative estimate of drug-likeness (QED) is 0.0623. The molecule has 0 aliphatic carbocycles. The van der Waals surface area contributed by atoms with Gasteiger partial charge >= 0.3 is 13.9 Å². The lowest BCUT2D eigenvalue weighted by atomic mass is 9.80. The predicted octanol–water partition coefficient (Wildman–Crippen LogP) is 10.3. The van der Waals surface area contributed by atoms with E-state index in [0.29, 0.717) is 41.9 Å². The zero-order chi connectivity index (χ0) is 58.8. The number of imide groups is 2. The smallest absolute Gasteiger partial charge is 0.377 e. The maximum Gasteiger partial charge on any atom is 0.477 e. The SMILES string of the molecule is Cc1ccc(CCC(C)(C)C(=O)CCc2scc3c2CN(C2CCC(=O)NC2=O)C3=O)cc1Cl.Cc1ccc(NC(=O)NCc2cc3c(s2)C(=O)N(C2CCC(=O)N(COP(=O)(OC(C)(C)C)OC(C)(C)C)C2=O)C3)cc1N(C)C. The van der Waals surface area contributed by atoms with Crippen LogP contribution in [-0.2, 0) is 74.6 Å². The van der Waals surface area contributed by atoms with Gasteiger partial charge in [-0.25, -0.2) is 9.36 Å². The van der Waals surface area contributed by atoms with Gasteiger partial charge in [-0.2, -0.15) is 0 Å². The number of nitrogens with zero attached hydrogens (tertiary/aromatic N) is 4. The highest BCUT2D eigenvalue weighted by atomic mass is 35.5. The number of benzene rings is 2. The van der Waals surface area contributed by atoms with Gasteiger partial charge in [0.2, 0.25) is 17.7 Å². The molecule has 2 aromatic heterocycles. The number of thiophene rings is 2. The zero-order valence-corrected chi connectivity index (χ0v) is 50.9. The zero-order valence-electron chi connectivity index (χ0n) is 47.6. The number of rotatable bonds is 18. The van der Waals surface area contributed by atoms with E-state index in [1.807, 2.05) is 88.5 Å². The summed E-state index contributed by atoms with van der Waals surface area (Å²) in [7, 11) is -0.314. The van der Waals surface area contributed by atoms with Gasteiger partial charge in [0, 0.05) is 83.4 Å². The first-order chi connectivity index (χ1) is 37.3. The summed E-state index contributed by atoms with van der Waals surface area (Å²) in [6.07, 6.45) is 3.24. The molecule has 0 saturated carbocycles. The number of hydrogen-bond donors (Lipinski definition) is 3. The summed E-state index contributed by atoms with van der Waals surface area (Å²) in [5.41, 5.74) is 4.94. The fraction of sp³-hybridized carbons (Fsp3) is 0.509. The highest BCUT2D eigenvalue weighted by Crippen LogP contribution is 2.55. The van der Waals surface area contributed by atoms with E-state index in [1.54, 1.807) is 46.4 Å². The molecule has 6 heterocycles. The molecule has 2 atom stereocenters. The van der Waals surface area contributed by atoms with Gasteiger partial charge in [0.05, 0.1) is 28.2 Å². The number of anilines is 2. The van der Waals surface area contributed by atoms with E-state index in [2.05, 4.69) is 22.0 Å². The van der Waals surface area contributed by atoms with Crippen LogP contribution in [0.15, 0.2) is 47.8 Å². The molecular formula is C57H73ClN7O12PS2. The van der Waals surface area contributed by atoms with Gasteiger partial charge in [-0.1, -0.05) is 43.6 Å². The van der Waals surface area contributed by atoms with E-state index in [-0.39, 0.29) is 61.9 Å². The average molecular weight is 1180 g/mol. The average Bonchev–Trinajstić information content (AvgIpc) is 4.32. The summed E-state index contributed by atoms with van der Waals surface area (Å²) >= 11 is 8.99. The first-order valence-electron chi connectivity index (χ1n) is 26.6. The van der Waals surface area contributed by atoms with Crippen LogP contribution in [0.1, 0.15) is 152 Å². The molecule has 8 rings (SSSR count). The van der Waals surface area contributed by atoms with Gasteiger partial charge in [-0.3, -0.25) is 57.3 Å². The van der Waals surface area contributed by atoms with Gasteiger partial charge in [0.25, 0.3) is 17.7 Å². The fourth-order valence-corrected chi connectivity index (χ4v) is 13.8. The number of fused-ring (bicyclic) bond motifs is 2. The van der Waals surface area contributed by atoms with Crippen molar-refractivity contribution in [3.05, 3.63) is 101 Å². The van der Waals surface area contributed by atoms with Crippen molar-refractivity contribution in [3.63, 3.8) is 0 Å². The lowest BCUT2D eigenvalue weighted by molar-refractivity contribution is -0.156. The predicted molar refractivity (Wildman–Crippen MR) is 308 cm³/mol. The summed E-state index contributed by atoms with van der Waals surface area (Å²) in [4.78, 5) is 110. The number of likely N-dealkylation sites (tertiary alicyclic amines) is 1. The first-order valence-corrected chi connectivity index (χ1v) is 30.1. The Morgan fingerprint density at radius 1 is 0.838 bits per heavy atom. The minimum absolute atomic E-state index is 0.00303. The summed E-state index contributed by atoms with van der Waals surface area (Å²) < 4.78 is 30.2. The third-order valence-electron chi connectivity index (χ3n) is 14.0. The third-order valence-corrected chi connectivity index (χ3v) is 18.6. The second-order valence-electron chi connectivity index (χ2n) is 23.4. The number of aryl methyl sites for hydroxylation is 4. The van der Waals surface area contributed by atoms with E-state index in [4.69, 9.17) is 25.2 Å². The molecule has 0 radical (unpaired) electrons. The number of hydrogen-bond acceptors (Lipinski definition) is 15. The molecule has 80 heavy (non-hydrogen) atoms. The Hall–Kier alpha value is -5.80. The fourth-order valence-electron chi connectivity index (χ4n) is 9.70. The number of carbonyl (C=O) groups excluding carboxylic acids is 8. The number of halogens is 1. The Labute approximate surface area is 481 Å². The molecule has 23 heteroatoms. The summed E-state index contributed by atoms with van der Waals surface area (Å²) in [5, 5.41) is 10.6. The Bertz CT molecular complexity index is 3120. The minimum Gasteiger partial charge on any atom is -0.377 e. The van der Waals surface area contributed by atoms with E-state index >= 15 is 0 Å². The lowest BCUT2D eigenvalue weighted by Crippen LogP contribution is -2.55. The third kappa shape index (κ3) is 15.2. The van der Waals surface area contributed by atoms with Crippen molar-refractivity contribution >= 4 is 101 Å². The number of nitrogens with one attached hydrogen (secondary N) is 3. The molecule has 0 bridgehead atoms. The van der Waals surface area contributed by atoms with Crippen LogP contribution in [0.5, 0.6) is 0 Å². The number of ketones is 1. The lowest BCUT2D eigenvalue weighted by Gasteiger charge is -2.36. The first kappa shape index (κ1) is 61.8. The van der Waals surface area contributed by atoms with Crippen LogP contribution in [-0.4, -0.2) is 106 Å². The van der Waals surface area contributed by atoms with Crippen LogP contribution < -0.4 is 20.9 Å². The van der Waals surface area contributed by atoms with Gasteiger partial charge in [-0.05, 0) is 140 Å². The molecule has 2 fully saturated rings. The van der Waals surface area contributed by atoms with E-state index in [1.165, 1.54) is 27.6 Å². The monoisotopic (exact) mass is 1180 g/mol. The highest BCUT2D eigenvalue weighted by molar-refractivity contribution is 7.48.